The fourth-order valence-corrected chi connectivity index (χ4v) is 1.85. The molecule has 1 unspecified atom stereocenters. The summed E-state index contributed by atoms with van der Waals surface area (Å²) in [5.74, 6) is -0.204. The molecule has 1 fully saturated rings. The molecule has 0 bridgehead atoms. The van der Waals surface area contributed by atoms with Gasteiger partial charge in [0.25, 0.3) is 0 Å². The lowest BCUT2D eigenvalue weighted by molar-refractivity contribution is 0.0925. The lowest BCUT2D eigenvalue weighted by Crippen LogP contribution is -2.23. The van der Waals surface area contributed by atoms with E-state index in [2.05, 4.69) is 5.48 Å². The molecule has 1 aliphatic heterocycles. The summed E-state index contributed by atoms with van der Waals surface area (Å²) in [7, 11) is 0. The van der Waals surface area contributed by atoms with Gasteiger partial charge in [-0.15, -0.1) is 0 Å². The van der Waals surface area contributed by atoms with Crippen molar-refractivity contribution in [2.45, 2.75) is 25.3 Å². The number of nitrogens with one attached hydrogen (secondary N) is 1. The van der Waals surface area contributed by atoms with Crippen LogP contribution in [0.5, 0.6) is 0 Å². The molecule has 4 heteroatoms. The second-order valence-corrected chi connectivity index (χ2v) is 3.69. The summed E-state index contributed by atoms with van der Waals surface area (Å²) in [6.07, 6.45) is 3.82. The van der Waals surface area contributed by atoms with Crippen LogP contribution in [0.3, 0.4) is 0 Å². The molecule has 1 atom stereocenters. The molecule has 0 radical (unpaired) electrons. The van der Waals surface area contributed by atoms with Crippen LogP contribution in [0.2, 0.25) is 0 Å². The normalized spacial score (nSPS) is 29.4. The summed E-state index contributed by atoms with van der Waals surface area (Å²) >= 11 is 5.70. The van der Waals surface area contributed by atoms with E-state index >= 15 is 0 Å². The summed E-state index contributed by atoms with van der Waals surface area (Å²) in [5, 5.41) is 0.245. The van der Waals surface area contributed by atoms with Crippen molar-refractivity contribution < 1.29 is 9.23 Å². The van der Waals surface area contributed by atoms with E-state index in [0.717, 1.165) is 18.4 Å². The molecule has 0 spiro atoms. The van der Waals surface area contributed by atoms with Crippen molar-refractivity contribution in [2.24, 2.45) is 0 Å². The van der Waals surface area contributed by atoms with Crippen molar-refractivity contribution >= 4 is 11.6 Å². The Morgan fingerprint density at radius 3 is 3.00 bits per heavy atom. The minimum atomic E-state index is -0.204. The molecule has 2 aliphatic rings. The van der Waals surface area contributed by atoms with Gasteiger partial charge in [0.1, 0.15) is 5.83 Å². The molecule has 1 heterocycles. The zero-order valence-electron chi connectivity index (χ0n) is 7.15. The third-order valence-electron chi connectivity index (χ3n) is 2.39. The average Bonchev–Trinajstić information content (AvgIpc) is 2.62. The number of hydrogen-bond acceptors (Lipinski definition) is 2. The summed E-state index contributed by atoms with van der Waals surface area (Å²) < 4.78 is 12.9. The predicted molar refractivity (Wildman–Crippen MR) is 48.8 cm³/mol. The van der Waals surface area contributed by atoms with Crippen molar-refractivity contribution in [3.8, 4) is 0 Å². The molecule has 0 aromatic rings. The third-order valence-corrected chi connectivity index (χ3v) is 2.70. The second-order valence-electron chi connectivity index (χ2n) is 3.28. The molecule has 0 aromatic heterocycles. The lowest BCUT2D eigenvalue weighted by atomic mass is 9.96. The average molecular weight is 204 g/mol. The highest BCUT2D eigenvalue weighted by Gasteiger charge is 2.22. The van der Waals surface area contributed by atoms with Gasteiger partial charge in [-0.2, -0.15) is 5.48 Å². The Bertz CT molecular complexity index is 269. The van der Waals surface area contributed by atoms with Crippen LogP contribution in [0.15, 0.2) is 22.5 Å². The molecule has 0 amide bonds. The summed E-state index contributed by atoms with van der Waals surface area (Å²) in [4.78, 5) is 5.03. The van der Waals surface area contributed by atoms with E-state index in [9.17, 15) is 4.39 Å². The highest BCUT2D eigenvalue weighted by Crippen LogP contribution is 2.30. The zero-order valence-corrected chi connectivity index (χ0v) is 7.90. The van der Waals surface area contributed by atoms with Gasteiger partial charge in [-0.05, 0) is 24.5 Å². The van der Waals surface area contributed by atoms with Gasteiger partial charge in [0.2, 0.25) is 0 Å². The molecule has 13 heavy (non-hydrogen) atoms. The van der Waals surface area contributed by atoms with E-state index in [1.807, 2.05) is 0 Å². The predicted octanol–water partition coefficient (Wildman–Crippen LogP) is 2.42. The Labute approximate surface area is 81.4 Å². The van der Waals surface area contributed by atoms with E-state index in [0.29, 0.717) is 13.0 Å². The largest absolute Gasteiger partial charge is 0.301 e. The van der Waals surface area contributed by atoms with E-state index in [1.54, 1.807) is 6.08 Å². The van der Waals surface area contributed by atoms with Gasteiger partial charge in [-0.25, -0.2) is 4.39 Å². The van der Waals surface area contributed by atoms with Gasteiger partial charge in [0.05, 0.1) is 17.7 Å². The van der Waals surface area contributed by atoms with Gasteiger partial charge in [-0.1, -0.05) is 11.6 Å². The number of halogens is 2. The highest BCUT2D eigenvalue weighted by molar-refractivity contribution is 6.31. The van der Waals surface area contributed by atoms with Crippen LogP contribution >= 0.6 is 11.6 Å². The first-order valence-corrected chi connectivity index (χ1v) is 4.77. The summed E-state index contributed by atoms with van der Waals surface area (Å²) in [5.41, 5.74) is 4.03. The van der Waals surface area contributed by atoms with Gasteiger partial charge in [0, 0.05) is 6.42 Å². The van der Waals surface area contributed by atoms with Crippen molar-refractivity contribution in [1.29, 1.82) is 0 Å². The van der Waals surface area contributed by atoms with Gasteiger partial charge in [-0.3, -0.25) is 0 Å². The number of allylic oxidation sites excluding steroid dienone is 3. The summed E-state index contributed by atoms with van der Waals surface area (Å²) in [6.45, 7) is 0.714. The minimum Gasteiger partial charge on any atom is -0.301 e. The maximum absolute atomic E-state index is 12.9. The lowest BCUT2D eigenvalue weighted by Gasteiger charge is -2.17. The van der Waals surface area contributed by atoms with E-state index < -0.39 is 0 Å². The van der Waals surface area contributed by atoms with Gasteiger partial charge in [0.15, 0.2) is 0 Å². The smallest absolute Gasteiger partial charge is 0.119 e. The fourth-order valence-electron chi connectivity index (χ4n) is 1.62. The molecule has 0 aromatic carbocycles. The third kappa shape index (κ3) is 1.93. The van der Waals surface area contributed by atoms with E-state index in [-0.39, 0.29) is 16.9 Å². The van der Waals surface area contributed by atoms with Crippen LogP contribution in [0.1, 0.15) is 19.3 Å². The molecular formula is C9H11ClFNO. The summed E-state index contributed by atoms with van der Waals surface area (Å²) in [6, 6.07) is 0.224. The number of hydroxylamine groups is 1. The van der Waals surface area contributed by atoms with Crippen LogP contribution in [0.4, 0.5) is 4.39 Å². The van der Waals surface area contributed by atoms with Crippen LogP contribution in [0, 0.1) is 0 Å². The van der Waals surface area contributed by atoms with Crippen molar-refractivity contribution in [1.82, 2.24) is 5.48 Å². The Morgan fingerprint density at radius 2 is 2.38 bits per heavy atom. The van der Waals surface area contributed by atoms with Crippen LogP contribution in [0.25, 0.3) is 0 Å². The zero-order chi connectivity index (χ0) is 9.26. The molecule has 2 nitrogen and oxygen atoms in total. The number of rotatable bonds is 1. The first-order chi connectivity index (χ1) is 6.27. The SMILES string of the molecule is FC1=C(Cl)C=C(C2CCON2)CC1. The van der Waals surface area contributed by atoms with Crippen LogP contribution < -0.4 is 5.48 Å². The topological polar surface area (TPSA) is 21.3 Å². The van der Waals surface area contributed by atoms with Crippen LogP contribution in [-0.2, 0) is 4.84 Å². The Morgan fingerprint density at radius 1 is 1.54 bits per heavy atom. The van der Waals surface area contributed by atoms with Gasteiger partial charge < -0.3 is 4.84 Å². The highest BCUT2D eigenvalue weighted by atomic mass is 35.5. The fraction of sp³-hybridized carbons (Fsp3) is 0.556. The second kappa shape index (κ2) is 3.78. The molecule has 72 valence electrons. The first kappa shape index (κ1) is 9.19. The quantitative estimate of drug-likeness (QED) is 0.707. The standard InChI is InChI=1S/C9H11ClFNO/c10-7-5-6(1-2-8(7)11)9-3-4-13-12-9/h5,9,12H,1-4H2. The van der Waals surface area contributed by atoms with Gasteiger partial charge >= 0.3 is 0 Å². The van der Waals surface area contributed by atoms with Crippen molar-refractivity contribution in [2.75, 3.05) is 6.61 Å². The Balaban J connectivity index is 2.12. The molecule has 2 rings (SSSR count). The molecular weight excluding hydrogens is 193 g/mol. The molecule has 1 aliphatic carbocycles. The molecule has 1 N–H and O–H groups in total. The Kier molecular flexibility index (Phi) is 2.67. The molecule has 0 saturated carbocycles. The van der Waals surface area contributed by atoms with Crippen molar-refractivity contribution in [3.05, 3.63) is 22.5 Å². The van der Waals surface area contributed by atoms with Crippen molar-refractivity contribution in [3.63, 3.8) is 0 Å². The monoisotopic (exact) mass is 203 g/mol. The number of hydrogen-bond donors (Lipinski definition) is 1. The maximum atomic E-state index is 12.9. The van der Waals surface area contributed by atoms with E-state index in [1.165, 1.54) is 0 Å². The van der Waals surface area contributed by atoms with E-state index in [4.69, 9.17) is 16.4 Å². The molecule has 1 saturated heterocycles. The van der Waals surface area contributed by atoms with Crippen LogP contribution in [-0.4, -0.2) is 12.6 Å². The maximum Gasteiger partial charge on any atom is 0.119 e. The minimum absolute atomic E-state index is 0.204. The Hall–Kier alpha value is -0.380. The first-order valence-electron chi connectivity index (χ1n) is 4.39.